The van der Waals surface area contributed by atoms with Gasteiger partial charge in [0, 0.05) is 46.4 Å². The van der Waals surface area contributed by atoms with Crippen LogP contribution in [-0.4, -0.2) is 91.4 Å². The van der Waals surface area contributed by atoms with Crippen molar-refractivity contribution in [2.75, 3.05) is 76.4 Å². The Morgan fingerprint density at radius 3 is 2.56 bits per heavy atom. The third-order valence-corrected chi connectivity index (χ3v) is 5.23. The molecule has 0 amide bonds. The molecule has 27 heavy (non-hydrogen) atoms. The van der Waals surface area contributed by atoms with Crippen molar-refractivity contribution in [2.24, 2.45) is 5.92 Å². The van der Waals surface area contributed by atoms with Gasteiger partial charge >= 0.3 is 0 Å². The Morgan fingerprint density at radius 2 is 1.81 bits per heavy atom. The molecule has 2 aliphatic rings. The number of anilines is 2. The molecule has 148 valence electrons. The number of morpholine rings is 1. The lowest BCUT2D eigenvalue weighted by molar-refractivity contribution is 0.0289. The molecule has 4 rings (SSSR count). The van der Waals surface area contributed by atoms with Gasteiger partial charge in [-0.05, 0) is 29.1 Å². The molecule has 0 unspecified atom stereocenters. The molecule has 0 spiro atoms. The van der Waals surface area contributed by atoms with E-state index in [9.17, 15) is 0 Å². The number of hydrogen-bond donors (Lipinski definition) is 1. The van der Waals surface area contributed by atoms with Crippen LogP contribution in [0.2, 0.25) is 0 Å². The molecule has 4 heterocycles. The van der Waals surface area contributed by atoms with Gasteiger partial charge < -0.3 is 19.7 Å². The van der Waals surface area contributed by atoms with Crippen LogP contribution in [0.25, 0.3) is 11.3 Å². The summed E-state index contributed by atoms with van der Waals surface area (Å²) in [5.74, 6) is 2.25. The van der Waals surface area contributed by atoms with Gasteiger partial charge in [0.1, 0.15) is 0 Å². The maximum absolute atomic E-state index is 5.45. The summed E-state index contributed by atoms with van der Waals surface area (Å²) in [5, 5.41) is 11.0. The van der Waals surface area contributed by atoms with Crippen molar-refractivity contribution in [1.82, 2.24) is 25.2 Å². The zero-order chi connectivity index (χ0) is 18.5. The van der Waals surface area contributed by atoms with E-state index >= 15 is 0 Å². The van der Waals surface area contributed by atoms with Gasteiger partial charge in [0.25, 0.3) is 0 Å². The standard InChI is InChI=1S/C17H27N7O3/c1-25-9-4-18-16-17(20-15-14(19-16)21-27-22-15)24-5-2-13(3-6-24)12-23-7-10-26-11-8-23/h13H,2-12H2,1H3,(H,18,19,21). The summed E-state index contributed by atoms with van der Waals surface area (Å²) < 4.78 is 15.3. The third kappa shape index (κ3) is 4.45. The Balaban J connectivity index is 1.41. The molecule has 10 heteroatoms. The normalized spacial score (nSPS) is 19.7. The number of methoxy groups -OCH3 is 1. The number of ether oxygens (including phenoxy) is 2. The van der Waals surface area contributed by atoms with Crippen molar-refractivity contribution in [2.45, 2.75) is 12.8 Å². The van der Waals surface area contributed by atoms with Gasteiger partial charge in [-0.15, -0.1) is 0 Å². The van der Waals surface area contributed by atoms with E-state index in [4.69, 9.17) is 14.1 Å². The van der Waals surface area contributed by atoms with Crippen LogP contribution in [0.1, 0.15) is 12.8 Å². The highest BCUT2D eigenvalue weighted by atomic mass is 16.6. The number of fused-ring (bicyclic) bond motifs is 1. The maximum Gasteiger partial charge on any atom is 0.245 e. The van der Waals surface area contributed by atoms with Crippen molar-refractivity contribution in [3.63, 3.8) is 0 Å². The average Bonchev–Trinajstić information content (AvgIpc) is 3.16. The molecule has 2 fully saturated rings. The fourth-order valence-corrected chi connectivity index (χ4v) is 3.72. The fraction of sp³-hybridized carbons (Fsp3) is 0.765. The van der Waals surface area contributed by atoms with Crippen LogP contribution in [0.3, 0.4) is 0 Å². The SMILES string of the molecule is COCCNc1nc2nonc2nc1N1CCC(CN2CCOCC2)CC1. The minimum Gasteiger partial charge on any atom is -0.383 e. The van der Waals surface area contributed by atoms with Crippen molar-refractivity contribution < 1.29 is 14.1 Å². The van der Waals surface area contributed by atoms with E-state index in [1.807, 2.05) is 0 Å². The summed E-state index contributed by atoms with van der Waals surface area (Å²) in [6.45, 7) is 8.14. The van der Waals surface area contributed by atoms with Gasteiger partial charge in [0.05, 0.1) is 19.8 Å². The molecule has 0 atom stereocenters. The molecule has 0 bridgehead atoms. The second kappa shape index (κ2) is 8.77. The number of hydrogen-bond acceptors (Lipinski definition) is 10. The summed E-state index contributed by atoms with van der Waals surface area (Å²) >= 11 is 0. The van der Waals surface area contributed by atoms with Crippen molar-refractivity contribution in [3.8, 4) is 0 Å². The highest BCUT2D eigenvalue weighted by Gasteiger charge is 2.26. The minimum absolute atomic E-state index is 0.417. The summed E-state index contributed by atoms with van der Waals surface area (Å²) in [7, 11) is 1.68. The zero-order valence-electron chi connectivity index (χ0n) is 15.8. The van der Waals surface area contributed by atoms with E-state index in [-0.39, 0.29) is 0 Å². The van der Waals surface area contributed by atoms with E-state index in [0.717, 1.165) is 70.5 Å². The van der Waals surface area contributed by atoms with Gasteiger partial charge in [-0.3, -0.25) is 4.90 Å². The molecule has 2 aliphatic heterocycles. The first-order valence-electron chi connectivity index (χ1n) is 9.61. The van der Waals surface area contributed by atoms with E-state index in [0.29, 0.717) is 30.3 Å². The lowest BCUT2D eigenvalue weighted by atomic mass is 9.96. The first-order valence-corrected chi connectivity index (χ1v) is 9.61. The second-order valence-corrected chi connectivity index (χ2v) is 7.07. The molecule has 1 N–H and O–H groups in total. The smallest absolute Gasteiger partial charge is 0.245 e. The monoisotopic (exact) mass is 377 g/mol. The second-order valence-electron chi connectivity index (χ2n) is 7.07. The van der Waals surface area contributed by atoms with E-state index in [1.54, 1.807) is 7.11 Å². The van der Waals surface area contributed by atoms with Crippen LogP contribution >= 0.6 is 0 Å². The molecule has 2 aromatic heterocycles. The maximum atomic E-state index is 5.45. The fourth-order valence-electron chi connectivity index (χ4n) is 3.72. The van der Waals surface area contributed by atoms with Crippen LogP contribution in [0.15, 0.2) is 4.63 Å². The Hall–Kier alpha value is -2.04. The summed E-state index contributed by atoms with van der Waals surface area (Å²) in [4.78, 5) is 14.0. The van der Waals surface area contributed by atoms with E-state index < -0.39 is 0 Å². The van der Waals surface area contributed by atoms with Crippen molar-refractivity contribution in [1.29, 1.82) is 0 Å². The van der Waals surface area contributed by atoms with Crippen LogP contribution < -0.4 is 10.2 Å². The van der Waals surface area contributed by atoms with Gasteiger partial charge in [-0.1, -0.05) is 0 Å². The quantitative estimate of drug-likeness (QED) is 0.691. The van der Waals surface area contributed by atoms with Gasteiger partial charge in [-0.2, -0.15) is 0 Å². The largest absolute Gasteiger partial charge is 0.383 e. The number of aromatic nitrogens is 4. The van der Waals surface area contributed by atoms with Gasteiger partial charge in [0.2, 0.25) is 11.3 Å². The average molecular weight is 377 g/mol. The number of nitrogens with zero attached hydrogens (tertiary/aromatic N) is 6. The first kappa shape index (κ1) is 18.3. The molecule has 10 nitrogen and oxygen atoms in total. The highest BCUT2D eigenvalue weighted by molar-refractivity contribution is 5.74. The predicted molar refractivity (Wildman–Crippen MR) is 100.0 cm³/mol. The summed E-state index contributed by atoms with van der Waals surface area (Å²) in [5.41, 5.74) is 0.860. The summed E-state index contributed by atoms with van der Waals surface area (Å²) in [6, 6.07) is 0. The van der Waals surface area contributed by atoms with Gasteiger partial charge in [-0.25, -0.2) is 14.6 Å². The van der Waals surface area contributed by atoms with Crippen LogP contribution in [-0.2, 0) is 9.47 Å². The predicted octanol–water partition coefficient (Wildman–Crippen LogP) is 0.620. The topological polar surface area (TPSA) is 102 Å². The van der Waals surface area contributed by atoms with Crippen LogP contribution in [0.4, 0.5) is 11.6 Å². The lowest BCUT2D eigenvalue weighted by Gasteiger charge is -2.36. The molecular formula is C17H27N7O3. The molecule has 2 aromatic rings. The number of rotatable bonds is 7. The Labute approximate surface area is 158 Å². The van der Waals surface area contributed by atoms with Crippen LogP contribution in [0, 0.1) is 5.92 Å². The highest BCUT2D eigenvalue weighted by Crippen LogP contribution is 2.28. The number of piperidine rings is 1. The van der Waals surface area contributed by atoms with Crippen LogP contribution in [0.5, 0.6) is 0 Å². The zero-order valence-corrected chi connectivity index (χ0v) is 15.8. The molecule has 0 radical (unpaired) electrons. The van der Waals surface area contributed by atoms with Crippen molar-refractivity contribution >= 4 is 22.9 Å². The molecule has 0 aromatic carbocycles. The minimum atomic E-state index is 0.417. The molecule has 0 aliphatic carbocycles. The number of nitrogens with one attached hydrogen (secondary N) is 1. The first-order chi connectivity index (χ1) is 13.3. The molecule has 2 saturated heterocycles. The lowest BCUT2D eigenvalue weighted by Crippen LogP contribution is -2.43. The summed E-state index contributed by atoms with van der Waals surface area (Å²) in [6.07, 6.45) is 2.29. The third-order valence-electron chi connectivity index (χ3n) is 5.23. The Morgan fingerprint density at radius 1 is 1.07 bits per heavy atom. The Bertz CT molecular complexity index is 726. The van der Waals surface area contributed by atoms with E-state index in [1.165, 1.54) is 0 Å². The molecule has 0 saturated carbocycles. The Kier molecular flexibility index (Phi) is 5.95. The van der Waals surface area contributed by atoms with E-state index in [2.05, 4.69) is 35.4 Å². The molecular weight excluding hydrogens is 350 g/mol. The van der Waals surface area contributed by atoms with Crippen molar-refractivity contribution in [3.05, 3.63) is 0 Å². The van der Waals surface area contributed by atoms with Gasteiger partial charge in [0.15, 0.2) is 11.6 Å².